The van der Waals surface area contributed by atoms with E-state index in [2.05, 4.69) is 22.2 Å². The van der Waals surface area contributed by atoms with E-state index in [1.54, 1.807) is 11.3 Å². The molecule has 0 saturated carbocycles. The Labute approximate surface area is 135 Å². The number of nitrogens with zero attached hydrogens (tertiary/aromatic N) is 2. The van der Waals surface area contributed by atoms with Gasteiger partial charge in [-0.15, -0.1) is 11.3 Å². The van der Waals surface area contributed by atoms with E-state index in [1.165, 1.54) is 4.88 Å². The van der Waals surface area contributed by atoms with Crippen LogP contribution in [0.15, 0.2) is 29.3 Å². The summed E-state index contributed by atoms with van der Waals surface area (Å²) in [6.45, 7) is 8.55. The van der Waals surface area contributed by atoms with Gasteiger partial charge in [0.15, 0.2) is 5.96 Å². The first-order valence-corrected chi connectivity index (χ1v) is 8.02. The highest BCUT2D eigenvalue weighted by Gasteiger charge is 2.03. The number of hydrogen-bond donors (Lipinski definition) is 2. The summed E-state index contributed by atoms with van der Waals surface area (Å²) in [6.07, 6.45) is 0.163. The van der Waals surface area contributed by atoms with E-state index in [9.17, 15) is 0 Å². The molecule has 0 atom stereocenters. The molecule has 0 aliphatic heterocycles. The lowest BCUT2D eigenvalue weighted by molar-refractivity contribution is 0.242. The van der Waals surface area contributed by atoms with Crippen LogP contribution in [0.4, 0.5) is 5.69 Å². The van der Waals surface area contributed by atoms with Crippen LogP contribution in [0.25, 0.3) is 0 Å². The van der Waals surface area contributed by atoms with Gasteiger partial charge in [-0.1, -0.05) is 0 Å². The van der Waals surface area contributed by atoms with Crippen LogP contribution in [0.5, 0.6) is 5.75 Å². The zero-order chi connectivity index (χ0) is 16.1. The van der Waals surface area contributed by atoms with Crippen LogP contribution in [0.1, 0.15) is 29.4 Å². The van der Waals surface area contributed by atoms with Gasteiger partial charge in [0, 0.05) is 10.6 Å². The predicted octanol–water partition coefficient (Wildman–Crippen LogP) is 3.47. The molecule has 2 rings (SSSR count). The van der Waals surface area contributed by atoms with Gasteiger partial charge in [0.25, 0.3) is 0 Å². The van der Waals surface area contributed by atoms with E-state index in [0.717, 1.165) is 22.1 Å². The van der Waals surface area contributed by atoms with Crippen molar-refractivity contribution in [2.45, 2.75) is 40.3 Å². The third-order valence-electron chi connectivity index (χ3n) is 2.96. The molecule has 22 heavy (non-hydrogen) atoms. The monoisotopic (exact) mass is 318 g/mol. The summed E-state index contributed by atoms with van der Waals surface area (Å²) in [4.78, 5) is 9.97. The number of aryl methyl sites for hydroxylation is 2. The fourth-order valence-electron chi connectivity index (χ4n) is 1.84. The maximum atomic E-state index is 5.90. The third kappa shape index (κ3) is 4.73. The minimum Gasteiger partial charge on any atom is -0.491 e. The Morgan fingerprint density at radius 2 is 2.00 bits per heavy atom. The second-order valence-electron chi connectivity index (χ2n) is 5.27. The molecule has 5 nitrogen and oxygen atoms in total. The number of ether oxygens (including phenoxy) is 1. The number of thiazole rings is 1. The molecule has 0 aliphatic rings. The summed E-state index contributed by atoms with van der Waals surface area (Å²) in [5, 5.41) is 4.04. The van der Waals surface area contributed by atoms with Crippen LogP contribution < -0.4 is 15.8 Å². The molecule has 0 saturated heterocycles. The summed E-state index contributed by atoms with van der Waals surface area (Å²) in [5.74, 6) is 1.22. The molecule has 6 heteroatoms. The van der Waals surface area contributed by atoms with E-state index in [4.69, 9.17) is 10.5 Å². The van der Waals surface area contributed by atoms with Gasteiger partial charge in [-0.3, -0.25) is 0 Å². The Kier molecular flexibility index (Phi) is 5.38. The van der Waals surface area contributed by atoms with E-state index in [-0.39, 0.29) is 6.10 Å². The quantitative estimate of drug-likeness (QED) is 0.654. The smallest absolute Gasteiger partial charge is 0.193 e. The van der Waals surface area contributed by atoms with Crippen LogP contribution in [0.2, 0.25) is 0 Å². The first-order chi connectivity index (χ1) is 10.4. The minimum atomic E-state index is 0.163. The van der Waals surface area contributed by atoms with Crippen molar-refractivity contribution in [2.75, 3.05) is 5.32 Å². The highest BCUT2D eigenvalue weighted by molar-refractivity contribution is 7.11. The number of aromatic nitrogens is 1. The second-order valence-corrected chi connectivity index (χ2v) is 6.55. The normalized spacial score (nSPS) is 11.8. The molecule has 0 bridgehead atoms. The number of nitrogens with two attached hydrogens (primary N) is 1. The van der Waals surface area contributed by atoms with Gasteiger partial charge in [0.2, 0.25) is 0 Å². The number of hydrogen-bond acceptors (Lipinski definition) is 4. The zero-order valence-corrected chi connectivity index (χ0v) is 14.2. The Balaban J connectivity index is 1.93. The number of anilines is 1. The average molecular weight is 318 g/mol. The molecular formula is C16H22N4OS. The molecular weight excluding hydrogens is 296 g/mol. The summed E-state index contributed by atoms with van der Waals surface area (Å²) >= 11 is 1.65. The Morgan fingerprint density at radius 1 is 1.32 bits per heavy atom. The van der Waals surface area contributed by atoms with Crippen molar-refractivity contribution in [1.82, 2.24) is 4.98 Å². The SMILES string of the molecule is Cc1nc(CN=C(N)Nc2ccc(OC(C)C)cc2)sc1C. The molecule has 1 aromatic heterocycles. The molecule has 0 unspecified atom stereocenters. The topological polar surface area (TPSA) is 72.5 Å². The van der Waals surface area contributed by atoms with Crippen LogP contribution in [0, 0.1) is 13.8 Å². The van der Waals surface area contributed by atoms with Gasteiger partial charge in [0.05, 0.1) is 18.3 Å². The van der Waals surface area contributed by atoms with Gasteiger partial charge < -0.3 is 15.8 Å². The number of benzene rings is 1. The van der Waals surface area contributed by atoms with Gasteiger partial charge >= 0.3 is 0 Å². The first-order valence-electron chi connectivity index (χ1n) is 7.20. The summed E-state index contributed by atoms with van der Waals surface area (Å²) < 4.78 is 5.60. The zero-order valence-electron chi connectivity index (χ0n) is 13.4. The fraction of sp³-hybridized carbons (Fsp3) is 0.375. The largest absolute Gasteiger partial charge is 0.491 e. The number of nitrogens with one attached hydrogen (secondary N) is 1. The summed E-state index contributed by atoms with van der Waals surface area (Å²) in [6, 6.07) is 7.64. The lowest BCUT2D eigenvalue weighted by atomic mass is 10.3. The minimum absolute atomic E-state index is 0.163. The summed E-state index contributed by atoms with van der Waals surface area (Å²) in [5.41, 5.74) is 7.84. The van der Waals surface area contributed by atoms with Crippen LogP contribution in [-0.4, -0.2) is 17.0 Å². The molecule has 0 amide bonds. The van der Waals surface area contributed by atoms with Gasteiger partial charge in [0.1, 0.15) is 10.8 Å². The lowest BCUT2D eigenvalue weighted by Gasteiger charge is -2.10. The highest BCUT2D eigenvalue weighted by Crippen LogP contribution is 2.18. The highest BCUT2D eigenvalue weighted by atomic mass is 32.1. The van der Waals surface area contributed by atoms with Crippen molar-refractivity contribution in [3.63, 3.8) is 0 Å². The van der Waals surface area contributed by atoms with E-state index < -0.39 is 0 Å². The Hall–Kier alpha value is -2.08. The molecule has 0 spiro atoms. The summed E-state index contributed by atoms with van der Waals surface area (Å²) in [7, 11) is 0. The van der Waals surface area contributed by atoms with Crippen LogP contribution in [-0.2, 0) is 6.54 Å². The third-order valence-corrected chi connectivity index (χ3v) is 4.01. The maximum Gasteiger partial charge on any atom is 0.193 e. The van der Waals surface area contributed by atoms with Crippen molar-refractivity contribution < 1.29 is 4.74 Å². The van der Waals surface area contributed by atoms with Crippen molar-refractivity contribution in [2.24, 2.45) is 10.7 Å². The average Bonchev–Trinajstić information content (AvgIpc) is 2.77. The van der Waals surface area contributed by atoms with Crippen LogP contribution >= 0.6 is 11.3 Å². The fourth-order valence-corrected chi connectivity index (χ4v) is 2.69. The molecule has 1 aromatic carbocycles. The molecule has 2 aromatic rings. The van der Waals surface area contributed by atoms with Crippen molar-refractivity contribution in [3.05, 3.63) is 39.8 Å². The van der Waals surface area contributed by atoms with E-state index in [1.807, 2.05) is 45.0 Å². The van der Waals surface area contributed by atoms with E-state index >= 15 is 0 Å². The standard InChI is InChI=1S/C16H22N4OS/c1-10(2)21-14-7-5-13(6-8-14)20-16(17)18-9-15-19-11(3)12(4)22-15/h5-8,10H,9H2,1-4H3,(H3,17,18,20). The second kappa shape index (κ2) is 7.26. The van der Waals surface area contributed by atoms with Gasteiger partial charge in [-0.25, -0.2) is 9.98 Å². The predicted molar refractivity (Wildman–Crippen MR) is 92.7 cm³/mol. The number of guanidine groups is 1. The first kappa shape index (κ1) is 16.3. The Bertz CT molecular complexity index is 627. The van der Waals surface area contributed by atoms with Gasteiger partial charge in [-0.2, -0.15) is 0 Å². The number of aliphatic imine (C=N–C) groups is 1. The number of rotatable bonds is 5. The molecule has 0 fully saturated rings. The van der Waals surface area contributed by atoms with Gasteiger partial charge in [-0.05, 0) is 52.0 Å². The maximum absolute atomic E-state index is 5.90. The van der Waals surface area contributed by atoms with Crippen molar-refractivity contribution >= 4 is 23.0 Å². The molecule has 3 N–H and O–H groups in total. The van der Waals surface area contributed by atoms with Crippen LogP contribution in [0.3, 0.4) is 0 Å². The molecule has 0 radical (unpaired) electrons. The Morgan fingerprint density at radius 3 is 2.55 bits per heavy atom. The van der Waals surface area contributed by atoms with E-state index in [0.29, 0.717) is 12.5 Å². The molecule has 1 heterocycles. The lowest BCUT2D eigenvalue weighted by Crippen LogP contribution is -2.22. The molecule has 118 valence electrons. The molecule has 0 aliphatic carbocycles. The van der Waals surface area contributed by atoms with Crippen molar-refractivity contribution in [1.29, 1.82) is 0 Å². The van der Waals surface area contributed by atoms with Crippen molar-refractivity contribution in [3.8, 4) is 5.75 Å².